The number of benzene rings is 1. The van der Waals surface area contributed by atoms with Gasteiger partial charge in [0.15, 0.2) is 0 Å². The molecule has 25 heavy (non-hydrogen) atoms. The second kappa shape index (κ2) is 8.46. The standard InChI is InChI=1S/C19H24N4O2/c1-2-25-16-10-8-15(9-11-16)21-18(24)17-12-13-20-19(23-17)22-14-6-4-3-5-7-14/h8-14H,2-7H2,1H3,(H,21,24)(H,20,22,23). The van der Waals surface area contributed by atoms with Gasteiger partial charge in [0.25, 0.3) is 5.91 Å². The first-order valence-corrected chi connectivity index (χ1v) is 8.88. The summed E-state index contributed by atoms with van der Waals surface area (Å²) in [6, 6.07) is 9.30. The number of ether oxygens (including phenoxy) is 1. The first-order chi connectivity index (χ1) is 12.2. The SMILES string of the molecule is CCOc1ccc(NC(=O)c2ccnc(NC3CCCCC3)n2)cc1. The maximum absolute atomic E-state index is 12.4. The highest BCUT2D eigenvalue weighted by Crippen LogP contribution is 2.20. The van der Waals surface area contributed by atoms with E-state index >= 15 is 0 Å². The van der Waals surface area contributed by atoms with Crippen LogP contribution in [0.25, 0.3) is 0 Å². The molecule has 0 aliphatic heterocycles. The Balaban J connectivity index is 1.62. The van der Waals surface area contributed by atoms with Crippen LogP contribution in [0.5, 0.6) is 5.75 Å². The number of carbonyl (C=O) groups is 1. The van der Waals surface area contributed by atoms with Gasteiger partial charge in [-0.25, -0.2) is 9.97 Å². The number of aromatic nitrogens is 2. The van der Waals surface area contributed by atoms with Crippen LogP contribution >= 0.6 is 0 Å². The molecule has 0 unspecified atom stereocenters. The van der Waals surface area contributed by atoms with Crippen LogP contribution in [0.4, 0.5) is 11.6 Å². The van der Waals surface area contributed by atoms with Gasteiger partial charge in [-0.3, -0.25) is 4.79 Å². The van der Waals surface area contributed by atoms with E-state index in [0.717, 1.165) is 18.6 Å². The van der Waals surface area contributed by atoms with Gasteiger partial charge in [0.1, 0.15) is 11.4 Å². The van der Waals surface area contributed by atoms with Gasteiger partial charge in [0.2, 0.25) is 5.95 Å². The predicted octanol–water partition coefficient (Wildman–Crippen LogP) is 3.87. The molecule has 0 radical (unpaired) electrons. The number of carbonyl (C=O) groups excluding carboxylic acids is 1. The summed E-state index contributed by atoms with van der Waals surface area (Å²) >= 11 is 0. The number of amides is 1. The van der Waals surface area contributed by atoms with Gasteiger partial charge in [-0.05, 0) is 50.1 Å². The molecule has 6 heteroatoms. The molecule has 0 bridgehead atoms. The number of hydrogen-bond donors (Lipinski definition) is 2. The van der Waals surface area contributed by atoms with Crippen molar-refractivity contribution in [3.05, 3.63) is 42.2 Å². The molecule has 1 aromatic heterocycles. The van der Waals surface area contributed by atoms with Gasteiger partial charge in [-0.1, -0.05) is 19.3 Å². The van der Waals surface area contributed by atoms with Crippen LogP contribution in [0.15, 0.2) is 36.5 Å². The maximum atomic E-state index is 12.4. The van der Waals surface area contributed by atoms with Crippen LogP contribution in [-0.2, 0) is 0 Å². The molecule has 1 fully saturated rings. The van der Waals surface area contributed by atoms with E-state index in [-0.39, 0.29) is 5.91 Å². The minimum absolute atomic E-state index is 0.252. The van der Waals surface area contributed by atoms with Gasteiger partial charge < -0.3 is 15.4 Å². The topological polar surface area (TPSA) is 76.1 Å². The van der Waals surface area contributed by atoms with Crippen molar-refractivity contribution in [3.63, 3.8) is 0 Å². The summed E-state index contributed by atoms with van der Waals surface area (Å²) in [7, 11) is 0. The molecule has 1 aliphatic carbocycles. The third-order valence-corrected chi connectivity index (χ3v) is 4.25. The van der Waals surface area contributed by atoms with Crippen LogP contribution in [0.3, 0.4) is 0 Å². The van der Waals surface area contributed by atoms with Crippen LogP contribution < -0.4 is 15.4 Å². The fourth-order valence-corrected chi connectivity index (χ4v) is 2.98. The highest BCUT2D eigenvalue weighted by Gasteiger charge is 2.15. The maximum Gasteiger partial charge on any atom is 0.274 e. The second-order valence-electron chi connectivity index (χ2n) is 6.16. The first-order valence-electron chi connectivity index (χ1n) is 8.88. The summed E-state index contributed by atoms with van der Waals surface area (Å²) in [6.07, 6.45) is 7.64. The summed E-state index contributed by atoms with van der Waals surface area (Å²) in [5.41, 5.74) is 1.05. The Morgan fingerprint density at radius 1 is 1.16 bits per heavy atom. The van der Waals surface area contributed by atoms with Gasteiger partial charge in [-0.2, -0.15) is 0 Å². The zero-order valence-corrected chi connectivity index (χ0v) is 14.5. The molecular formula is C19H24N4O2. The summed E-state index contributed by atoms with van der Waals surface area (Å²) < 4.78 is 5.40. The molecule has 1 saturated carbocycles. The molecule has 2 N–H and O–H groups in total. The Kier molecular flexibility index (Phi) is 5.82. The largest absolute Gasteiger partial charge is 0.494 e. The first kappa shape index (κ1) is 17.2. The van der Waals surface area contributed by atoms with E-state index in [1.807, 2.05) is 31.2 Å². The molecule has 0 saturated heterocycles. The van der Waals surface area contributed by atoms with Crippen molar-refractivity contribution in [3.8, 4) is 5.75 Å². The molecule has 132 valence electrons. The molecule has 0 spiro atoms. The molecule has 1 heterocycles. The van der Waals surface area contributed by atoms with E-state index < -0.39 is 0 Å². The Morgan fingerprint density at radius 2 is 1.92 bits per heavy atom. The predicted molar refractivity (Wildman–Crippen MR) is 98.1 cm³/mol. The highest BCUT2D eigenvalue weighted by molar-refractivity contribution is 6.02. The van der Waals surface area contributed by atoms with Gasteiger partial charge in [-0.15, -0.1) is 0 Å². The van der Waals surface area contributed by atoms with E-state index in [1.165, 1.54) is 19.3 Å². The van der Waals surface area contributed by atoms with Crippen molar-refractivity contribution in [2.45, 2.75) is 45.1 Å². The number of hydrogen-bond acceptors (Lipinski definition) is 5. The fourth-order valence-electron chi connectivity index (χ4n) is 2.98. The highest BCUT2D eigenvalue weighted by atomic mass is 16.5. The smallest absolute Gasteiger partial charge is 0.274 e. The molecule has 1 aliphatic rings. The van der Waals surface area contributed by atoms with Crippen molar-refractivity contribution in [2.24, 2.45) is 0 Å². The minimum atomic E-state index is -0.252. The molecule has 2 aromatic rings. The van der Waals surface area contributed by atoms with Crippen molar-refractivity contribution >= 4 is 17.5 Å². The number of rotatable bonds is 6. The van der Waals surface area contributed by atoms with E-state index in [1.54, 1.807) is 12.3 Å². The Morgan fingerprint density at radius 3 is 2.64 bits per heavy atom. The molecule has 3 rings (SSSR count). The molecule has 0 atom stereocenters. The number of nitrogens with zero attached hydrogens (tertiary/aromatic N) is 2. The van der Waals surface area contributed by atoms with Crippen LogP contribution in [-0.4, -0.2) is 28.5 Å². The monoisotopic (exact) mass is 340 g/mol. The molecular weight excluding hydrogens is 316 g/mol. The van der Waals surface area contributed by atoms with Gasteiger partial charge in [0, 0.05) is 17.9 Å². The average Bonchev–Trinajstić information content (AvgIpc) is 2.65. The lowest BCUT2D eigenvalue weighted by Gasteiger charge is -2.22. The van der Waals surface area contributed by atoms with E-state index in [0.29, 0.717) is 30.0 Å². The van der Waals surface area contributed by atoms with E-state index in [4.69, 9.17) is 4.74 Å². The third kappa shape index (κ3) is 4.92. The minimum Gasteiger partial charge on any atom is -0.494 e. The zero-order chi connectivity index (χ0) is 17.5. The Hall–Kier alpha value is -2.63. The lowest BCUT2D eigenvalue weighted by atomic mass is 9.96. The van der Waals surface area contributed by atoms with Crippen LogP contribution in [0.2, 0.25) is 0 Å². The van der Waals surface area contributed by atoms with E-state index in [2.05, 4.69) is 20.6 Å². The van der Waals surface area contributed by atoms with Crippen molar-refractivity contribution < 1.29 is 9.53 Å². The van der Waals surface area contributed by atoms with Crippen molar-refractivity contribution in [1.82, 2.24) is 9.97 Å². The van der Waals surface area contributed by atoms with Crippen molar-refractivity contribution in [2.75, 3.05) is 17.2 Å². The van der Waals surface area contributed by atoms with Gasteiger partial charge >= 0.3 is 0 Å². The summed E-state index contributed by atoms with van der Waals surface area (Å²) in [5, 5.41) is 6.19. The quantitative estimate of drug-likeness (QED) is 0.835. The Bertz CT molecular complexity index is 697. The average molecular weight is 340 g/mol. The van der Waals surface area contributed by atoms with Crippen LogP contribution in [0, 0.1) is 0 Å². The summed E-state index contributed by atoms with van der Waals surface area (Å²) in [6.45, 7) is 2.55. The zero-order valence-electron chi connectivity index (χ0n) is 14.5. The second-order valence-corrected chi connectivity index (χ2v) is 6.16. The van der Waals surface area contributed by atoms with Crippen LogP contribution in [0.1, 0.15) is 49.5 Å². The third-order valence-electron chi connectivity index (χ3n) is 4.25. The molecule has 1 aromatic carbocycles. The fraction of sp³-hybridized carbons (Fsp3) is 0.421. The van der Waals surface area contributed by atoms with Crippen molar-refractivity contribution in [1.29, 1.82) is 0 Å². The van der Waals surface area contributed by atoms with E-state index in [9.17, 15) is 4.79 Å². The normalized spacial score (nSPS) is 14.8. The lowest BCUT2D eigenvalue weighted by Crippen LogP contribution is -2.24. The number of nitrogens with one attached hydrogen (secondary N) is 2. The summed E-state index contributed by atoms with van der Waals surface area (Å²) in [4.78, 5) is 21.0. The Labute approximate surface area is 148 Å². The lowest BCUT2D eigenvalue weighted by molar-refractivity contribution is 0.102. The summed E-state index contributed by atoms with van der Waals surface area (Å²) in [5.74, 6) is 1.05. The molecule has 6 nitrogen and oxygen atoms in total. The number of anilines is 2. The van der Waals surface area contributed by atoms with Gasteiger partial charge in [0.05, 0.1) is 6.61 Å². The molecule has 1 amide bonds.